The summed E-state index contributed by atoms with van der Waals surface area (Å²) in [6.45, 7) is 9.25. The topological polar surface area (TPSA) is 29.3 Å². The van der Waals surface area contributed by atoms with Crippen LogP contribution in [0.5, 0.6) is 0 Å². The molecule has 14 heavy (non-hydrogen) atoms. The fourth-order valence-corrected chi connectivity index (χ4v) is 2.45. The smallest absolute Gasteiger partial charge is 0.0247 e. The Balaban J connectivity index is 2.44. The molecule has 1 aliphatic rings. The van der Waals surface area contributed by atoms with Crippen LogP contribution in [0.4, 0.5) is 0 Å². The maximum Gasteiger partial charge on any atom is 0.0247 e. The van der Waals surface area contributed by atoms with Crippen LogP contribution in [0.15, 0.2) is 0 Å². The number of nitrogens with zero attached hydrogens (tertiary/aromatic N) is 1. The van der Waals surface area contributed by atoms with Crippen molar-refractivity contribution in [3.05, 3.63) is 0 Å². The summed E-state index contributed by atoms with van der Waals surface area (Å²) in [5, 5.41) is 0. The molecule has 1 fully saturated rings. The largest absolute Gasteiger partial charge is 0.326 e. The van der Waals surface area contributed by atoms with Gasteiger partial charge in [-0.25, -0.2) is 0 Å². The lowest BCUT2D eigenvalue weighted by molar-refractivity contribution is 0.168. The molecule has 0 aromatic carbocycles. The molecular formula is C12H26N2. The van der Waals surface area contributed by atoms with Crippen LogP contribution in [0.2, 0.25) is 0 Å². The molecule has 3 atom stereocenters. The van der Waals surface area contributed by atoms with E-state index in [9.17, 15) is 0 Å². The van der Waals surface area contributed by atoms with Gasteiger partial charge in [0.15, 0.2) is 0 Å². The van der Waals surface area contributed by atoms with Gasteiger partial charge in [-0.05, 0) is 25.3 Å². The summed E-state index contributed by atoms with van der Waals surface area (Å²) in [7, 11) is 0. The van der Waals surface area contributed by atoms with E-state index in [4.69, 9.17) is 5.73 Å². The molecule has 3 unspecified atom stereocenters. The second-order valence-electron chi connectivity index (χ2n) is 4.76. The third kappa shape index (κ3) is 2.96. The summed E-state index contributed by atoms with van der Waals surface area (Å²) in [6, 6.07) is 1.09. The molecule has 2 nitrogen and oxygen atoms in total. The highest BCUT2D eigenvalue weighted by atomic mass is 15.2. The van der Waals surface area contributed by atoms with E-state index in [2.05, 4.69) is 25.7 Å². The zero-order valence-electron chi connectivity index (χ0n) is 10.00. The van der Waals surface area contributed by atoms with Crippen molar-refractivity contribution in [2.24, 2.45) is 11.7 Å². The van der Waals surface area contributed by atoms with Crippen LogP contribution in [-0.2, 0) is 0 Å². The van der Waals surface area contributed by atoms with E-state index in [0.29, 0.717) is 12.1 Å². The van der Waals surface area contributed by atoms with Crippen LogP contribution < -0.4 is 5.73 Å². The van der Waals surface area contributed by atoms with Crippen LogP contribution in [-0.4, -0.2) is 30.1 Å². The molecule has 0 saturated heterocycles. The summed E-state index contributed by atoms with van der Waals surface area (Å²) >= 11 is 0. The fourth-order valence-electron chi connectivity index (χ4n) is 2.45. The summed E-state index contributed by atoms with van der Waals surface area (Å²) in [4.78, 5) is 2.59. The van der Waals surface area contributed by atoms with Crippen LogP contribution in [0.25, 0.3) is 0 Å². The van der Waals surface area contributed by atoms with E-state index < -0.39 is 0 Å². The molecule has 0 heterocycles. The van der Waals surface area contributed by atoms with Crippen LogP contribution in [0.1, 0.15) is 46.5 Å². The van der Waals surface area contributed by atoms with Crippen molar-refractivity contribution in [1.29, 1.82) is 0 Å². The Morgan fingerprint density at radius 3 is 2.50 bits per heavy atom. The van der Waals surface area contributed by atoms with Crippen molar-refractivity contribution < 1.29 is 0 Å². The molecule has 0 aromatic heterocycles. The van der Waals surface area contributed by atoms with E-state index in [0.717, 1.165) is 12.5 Å². The number of likely N-dealkylation sites (N-methyl/N-ethyl adjacent to an activating group) is 1. The Bertz CT molecular complexity index is 158. The molecule has 1 rings (SSSR count). The average molecular weight is 198 g/mol. The Kier molecular flexibility index (Phi) is 4.90. The van der Waals surface area contributed by atoms with Crippen LogP contribution >= 0.6 is 0 Å². The molecule has 84 valence electrons. The van der Waals surface area contributed by atoms with E-state index >= 15 is 0 Å². The molecule has 1 aliphatic carbocycles. The summed E-state index contributed by atoms with van der Waals surface area (Å²) in [6.07, 6.45) is 5.13. The van der Waals surface area contributed by atoms with E-state index in [-0.39, 0.29) is 0 Å². The number of hydrogen-bond donors (Lipinski definition) is 1. The van der Waals surface area contributed by atoms with Crippen molar-refractivity contribution >= 4 is 0 Å². The molecule has 0 radical (unpaired) electrons. The van der Waals surface area contributed by atoms with Gasteiger partial charge in [0.05, 0.1) is 0 Å². The standard InChI is InChI=1S/C12H26N2/c1-4-10(3)9-14(5-2)12-8-6-7-11(12)13/h10-12H,4-9,13H2,1-3H3. The van der Waals surface area contributed by atoms with Gasteiger partial charge < -0.3 is 5.73 Å². The van der Waals surface area contributed by atoms with Gasteiger partial charge in [-0.1, -0.05) is 33.6 Å². The van der Waals surface area contributed by atoms with Gasteiger partial charge in [0, 0.05) is 18.6 Å². The Labute approximate surface area is 88.8 Å². The SMILES string of the molecule is CCC(C)CN(CC)C1CCCC1N. The maximum absolute atomic E-state index is 6.13. The molecule has 0 bridgehead atoms. The lowest BCUT2D eigenvalue weighted by Gasteiger charge is -2.32. The van der Waals surface area contributed by atoms with E-state index in [1.54, 1.807) is 0 Å². The van der Waals surface area contributed by atoms with Crippen molar-refractivity contribution in [2.45, 2.75) is 58.5 Å². The molecule has 2 heteroatoms. The average Bonchev–Trinajstić information content (AvgIpc) is 2.60. The second-order valence-corrected chi connectivity index (χ2v) is 4.76. The highest BCUT2D eigenvalue weighted by Gasteiger charge is 2.28. The molecule has 2 N–H and O–H groups in total. The van der Waals surface area contributed by atoms with Crippen LogP contribution in [0, 0.1) is 5.92 Å². The van der Waals surface area contributed by atoms with Crippen molar-refractivity contribution in [2.75, 3.05) is 13.1 Å². The molecule has 1 saturated carbocycles. The van der Waals surface area contributed by atoms with Gasteiger partial charge >= 0.3 is 0 Å². The van der Waals surface area contributed by atoms with Gasteiger partial charge in [-0.3, -0.25) is 4.90 Å². The summed E-state index contributed by atoms with van der Waals surface area (Å²) in [5.74, 6) is 0.808. The van der Waals surface area contributed by atoms with Crippen molar-refractivity contribution in [3.8, 4) is 0 Å². The monoisotopic (exact) mass is 198 g/mol. The lowest BCUT2D eigenvalue weighted by atomic mass is 10.1. The summed E-state index contributed by atoms with van der Waals surface area (Å²) < 4.78 is 0. The Morgan fingerprint density at radius 1 is 1.36 bits per heavy atom. The van der Waals surface area contributed by atoms with Crippen molar-refractivity contribution in [1.82, 2.24) is 4.90 Å². The second kappa shape index (κ2) is 5.72. The third-order valence-electron chi connectivity index (χ3n) is 3.65. The first-order valence-electron chi connectivity index (χ1n) is 6.18. The number of rotatable bonds is 5. The highest BCUT2D eigenvalue weighted by molar-refractivity contribution is 4.88. The Morgan fingerprint density at radius 2 is 2.07 bits per heavy atom. The minimum Gasteiger partial charge on any atom is -0.326 e. The first-order valence-corrected chi connectivity index (χ1v) is 6.18. The quantitative estimate of drug-likeness (QED) is 0.734. The van der Waals surface area contributed by atoms with Gasteiger partial charge in [0.2, 0.25) is 0 Å². The minimum absolute atomic E-state index is 0.430. The van der Waals surface area contributed by atoms with Gasteiger partial charge in [-0.15, -0.1) is 0 Å². The van der Waals surface area contributed by atoms with Crippen LogP contribution in [0.3, 0.4) is 0 Å². The normalized spacial score (nSPS) is 29.8. The lowest BCUT2D eigenvalue weighted by Crippen LogP contribution is -2.45. The van der Waals surface area contributed by atoms with E-state index in [1.165, 1.54) is 32.2 Å². The highest BCUT2D eigenvalue weighted by Crippen LogP contribution is 2.23. The maximum atomic E-state index is 6.13. The van der Waals surface area contributed by atoms with Crippen molar-refractivity contribution in [3.63, 3.8) is 0 Å². The first-order chi connectivity index (χ1) is 6.69. The van der Waals surface area contributed by atoms with Gasteiger partial charge in [0.25, 0.3) is 0 Å². The summed E-state index contributed by atoms with van der Waals surface area (Å²) in [5.41, 5.74) is 6.13. The zero-order chi connectivity index (χ0) is 10.6. The Hall–Kier alpha value is -0.0800. The van der Waals surface area contributed by atoms with Gasteiger partial charge in [0.1, 0.15) is 0 Å². The van der Waals surface area contributed by atoms with Gasteiger partial charge in [-0.2, -0.15) is 0 Å². The molecule has 0 aliphatic heterocycles. The zero-order valence-corrected chi connectivity index (χ0v) is 10.00. The minimum atomic E-state index is 0.430. The number of hydrogen-bond acceptors (Lipinski definition) is 2. The first kappa shape index (κ1) is 12.0. The molecule has 0 aromatic rings. The molecular weight excluding hydrogens is 172 g/mol. The predicted molar refractivity (Wildman–Crippen MR) is 62.3 cm³/mol. The molecule has 0 spiro atoms. The van der Waals surface area contributed by atoms with E-state index in [1.807, 2.05) is 0 Å². The predicted octanol–water partition coefficient (Wildman–Crippen LogP) is 2.23. The fraction of sp³-hybridized carbons (Fsp3) is 1.00. The molecule has 0 amide bonds. The number of nitrogens with two attached hydrogens (primary N) is 1. The third-order valence-corrected chi connectivity index (χ3v) is 3.65.